The smallest absolute Gasteiger partial charge is 0.343 e. The minimum Gasteiger partial charge on any atom is -0.494 e. The van der Waals surface area contributed by atoms with Gasteiger partial charge in [0.25, 0.3) is 0 Å². The molecule has 8 heteroatoms. The molecular weight excluding hydrogens is 773 g/mol. The Hall–Kier alpha value is -5.24. The number of rotatable bonds is 33. The number of carbonyl (C=O) groups is 2. The minimum absolute atomic E-state index is 0.395. The second-order valence-electron chi connectivity index (χ2n) is 16.1. The van der Waals surface area contributed by atoms with E-state index in [9.17, 15) is 9.59 Å². The number of unbranched alkanes of at least 4 members (excludes halogenated alkanes) is 17. The lowest BCUT2D eigenvalue weighted by molar-refractivity contribution is 0.0725. The van der Waals surface area contributed by atoms with Gasteiger partial charge < -0.3 is 18.9 Å². The first-order chi connectivity index (χ1) is 30.5. The van der Waals surface area contributed by atoms with E-state index in [1.807, 2.05) is 61.0 Å². The Morgan fingerprint density at radius 1 is 0.387 bits per heavy atom. The van der Waals surface area contributed by atoms with Crippen molar-refractivity contribution in [1.29, 1.82) is 0 Å². The summed E-state index contributed by atoms with van der Waals surface area (Å²) in [5.41, 5.74) is 2.90. The fraction of sp³-hybridized carbons (Fsp3) is 0.481. The molecule has 0 radical (unpaired) electrons. The lowest BCUT2D eigenvalue weighted by Gasteiger charge is -2.08. The van der Waals surface area contributed by atoms with Gasteiger partial charge in [0.2, 0.25) is 0 Å². The second-order valence-corrected chi connectivity index (χ2v) is 16.1. The van der Waals surface area contributed by atoms with Crippen molar-refractivity contribution in [3.05, 3.63) is 119 Å². The van der Waals surface area contributed by atoms with Crippen LogP contribution in [0.25, 0.3) is 0 Å². The first-order valence-corrected chi connectivity index (χ1v) is 23.6. The third kappa shape index (κ3) is 21.5. The molecule has 0 fully saturated rings. The molecule has 0 saturated carbocycles. The maximum atomic E-state index is 12.7. The summed E-state index contributed by atoms with van der Waals surface area (Å²) >= 11 is 0. The van der Waals surface area contributed by atoms with E-state index in [4.69, 9.17) is 18.9 Å². The van der Waals surface area contributed by atoms with E-state index in [2.05, 4.69) is 23.8 Å². The molecule has 4 rings (SSSR count). The number of hydrogen-bond acceptors (Lipinski definition) is 8. The Labute approximate surface area is 372 Å². The summed E-state index contributed by atoms with van der Waals surface area (Å²) in [6, 6.07) is 29.1. The van der Waals surface area contributed by atoms with Crippen LogP contribution in [0.15, 0.2) is 107 Å². The molecule has 8 nitrogen and oxygen atoms in total. The highest BCUT2D eigenvalue weighted by molar-refractivity contribution is 5.92. The van der Waals surface area contributed by atoms with Crippen molar-refractivity contribution >= 4 is 24.4 Å². The van der Waals surface area contributed by atoms with Crippen molar-refractivity contribution in [2.45, 2.75) is 142 Å². The molecule has 62 heavy (non-hydrogen) atoms. The zero-order chi connectivity index (χ0) is 43.7. The van der Waals surface area contributed by atoms with Crippen LogP contribution in [0, 0.1) is 0 Å². The highest BCUT2D eigenvalue weighted by atomic mass is 16.5. The average molecular weight is 845 g/mol. The topological polar surface area (TPSA) is 95.8 Å². The summed E-state index contributed by atoms with van der Waals surface area (Å²) in [7, 11) is 0. The van der Waals surface area contributed by atoms with E-state index in [0.717, 1.165) is 74.2 Å². The lowest BCUT2D eigenvalue weighted by atomic mass is 10.1. The molecule has 0 aliphatic carbocycles. The van der Waals surface area contributed by atoms with E-state index < -0.39 is 11.9 Å². The molecule has 0 spiro atoms. The van der Waals surface area contributed by atoms with Gasteiger partial charge in [-0.15, -0.1) is 0 Å². The Bertz CT molecular complexity index is 1700. The van der Waals surface area contributed by atoms with Crippen LogP contribution < -0.4 is 18.9 Å². The van der Waals surface area contributed by atoms with E-state index in [-0.39, 0.29) is 0 Å². The van der Waals surface area contributed by atoms with Crippen LogP contribution in [0.4, 0.5) is 0 Å². The standard InChI is InChI=1S/C54H72N2O6/c1-3-5-7-9-11-13-17-21-41-59-49-35-27-47(28-36-49)53(57)61-51-31-23-45(24-32-51)43-55-39-19-15-16-20-40-56-44-46-25-33-52(34-26-46)62-54(58)48-29-37-50(38-30-48)60-42-22-18-14-12-10-8-6-4-2/h23-38,43-44H,3-22,39-42H2,1-2H3. The molecule has 0 saturated heterocycles. The third-order valence-corrected chi connectivity index (χ3v) is 10.7. The van der Waals surface area contributed by atoms with Gasteiger partial charge in [-0.1, -0.05) is 117 Å². The molecule has 0 N–H and O–H groups in total. The van der Waals surface area contributed by atoms with Gasteiger partial charge in [0.15, 0.2) is 0 Å². The zero-order valence-corrected chi connectivity index (χ0v) is 37.7. The summed E-state index contributed by atoms with van der Waals surface area (Å²) in [6.45, 7) is 7.40. The number of esters is 2. The molecule has 0 atom stereocenters. The molecule has 0 amide bonds. The van der Waals surface area contributed by atoms with Gasteiger partial charge in [0.05, 0.1) is 24.3 Å². The maximum Gasteiger partial charge on any atom is 0.343 e. The maximum absolute atomic E-state index is 12.7. The molecular formula is C54H72N2O6. The minimum atomic E-state index is -0.395. The van der Waals surface area contributed by atoms with E-state index >= 15 is 0 Å². The van der Waals surface area contributed by atoms with Crippen LogP contribution in [-0.4, -0.2) is 50.7 Å². The highest BCUT2D eigenvalue weighted by Gasteiger charge is 2.10. The molecule has 0 aliphatic rings. The predicted octanol–water partition coefficient (Wildman–Crippen LogP) is 14.3. The Morgan fingerprint density at radius 3 is 1.05 bits per heavy atom. The van der Waals surface area contributed by atoms with E-state index in [1.54, 1.807) is 48.5 Å². The lowest BCUT2D eigenvalue weighted by Crippen LogP contribution is -2.08. The number of carbonyl (C=O) groups excluding carboxylic acids is 2. The molecule has 0 aliphatic heterocycles. The Balaban J connectivity index is 1.00. The van der Waals surface area contributed by atoms with Gasteiger partial charge in [-0.05, 0) is 134 Å². The van der Waals surface area contributed by atoms with Crippen molar-refractivity contribution < 1.29 is 28.5 Å². The normalized spacial score (nSPS) is 11.3. The van der Waals surface area contributed by atoms with Gasteiger partial charge in [-0.2, -0.15) is 0 Å². The van der Waals surface area contributed by atoms with Crippen molar-refractivity contribution in [3.63, 3.8) is 0 Å². The average Bonchev–Trinajstić information content (AvgIpc) is 3.30. The van der Waals surface area contributed by atoms with Gasteiger partial charge in [-0.25, -0.2) is 9.59 Å². The summed E-state index contributed by atoms with van der Waals surface area (Å²) in [4.78, 5) is 34.5. The summed E-state index contributed by atoms with van der Waals surface area (Å²) in [5.74, 6) is 1.74. The van der Waals surface area contributed by atoms with Crippen LogP contribution >= 0.6 is 0 Å². The van der Waals surface area contributed by atoms with Crippen molar-refractivity contribution in [1.82, 2.24) is 0 Å². The third-order valence-electron chi connectivity index (χ3n) is 10.7. The van der Waals surface area contributed by atoms with E-state index in [0.29, 0.717) is 35.8 Å². The fourth-order valence-electron chi connectivity index (χ4n) is 6.90. The Kier molecular flexibility index (Phi) is 25.2. The largest absolute Gasteiger partial charge is 0.494 e. The number of aliphatic imine (C=N–C) groups is 2. The van der Waals surface area contributed by atoms with Crippen LogP contribution in [0.5, 0.6) is 23.0 Å². The molecule has 0 bridgehead atoms. The summed E-state index contributed by atoms with van der Waals surface area (Å²) in [6.07, 6.45) is 28.2. The molecule has 0 unspecified atom stereocenters. The molecule has 334 valence electrons. The SMILES string of the molecule is CCCCCCCCCCOc1ccc(C(=O)Oc2ccc(C=NCCCCCCN=Cc3ccc(OC(=O)c4ccc(OCCCCCCCCCC)cc4)cc3)cc2)cc1. The van der Waals surface area contributed by atoms with Crippen molar-refractivity contribution in [2.24, 2.45) is 9.98 Å². The molecule has 0 heterocycles. The summed E-state index contributed by atoms with van der Waals surface area (Å²) in [5, 5.41) is 0. The first-order valence-electron chi connectivity index (χ1n) is 23.6. The zero-order valence-electron chi connectivity index (χ0n) is 37.7. The van der Waals surface area contributed by atoms with Gasteiger partial charge >= 0.3 is 11.9 Å². The highest BCUT2D eigenvalue weighted by Crippen LogP contribution is 2.19. The van der Waals surface area contributed by atoms with Crippen LogP contribution in [0.1, 0.15) is 174 Å². The van der Waals surface area contributed by atoms with Crippen LogP contribution in [-0.2, 0) is 0 Å². The van der Waals surface area contributed by atoms with Crippen molar-refractivity contribution in [3.8, 4) is 23.0 Å². The number of ether oxygens (including phenoxy) is 4. The number of benzene rings is 4. The first kappa shape index (κ1) is 49.4. The van der Waals surface area contributed by atoms with Gasteiger partial charge in [0, 0.05) is 25.5 Å². The predicted molar refractivity (Wildman–Crippen MR) is 255 cm³/mol. The van der Waals surface area contributed by atoms with Crippen LogP contribution in [0.3, 0.4) is 0 Å². The van der Waals surface area contributed by atoms with Gasteiger partial charge in [0.1, 0.15) is 23.0 Å². The second kappa shape index (κ2) is 31.6. The number of nitrogens with zero attached hydrogens (tertiary/aromatic N) is 2. The van der Waals surface area contributed by atoms with Gasteiger partial charge in [-0.3, -0.25) is 9.98 Å². The quantitative estimate of drug-likeness (QED) is 0.0205. The summed E-state index contributed by atoms with van der Waals surface area (Å²) < 4.78 is 22.9. The monoisotopic (exact) mass is 845 g/mol. The molecule has 4 aromatic rings. The van der Waals surface area contributed by atoms with Crippen molar-refractivity contribution in [2.75, 3.05) is 26.3 Å². The molecule has 4 aromatic carbocycles. The van der Waals surface area contributed by atoms with Crippen LogP contribution in [0.2, 0.25) is 0 Å². The Morgan fingerprint density at radius 2 is 0.694 bits per heavy atom. The molecule has 0 aromatic heterocycles. The fourth-order valence-corrected chi connectivity index (χ4v) is 6.90. The van der Waals surface area contributed by atoms with E-state index in [1.165, 1.54) is 89.9 Å². The number of hydrogen-bond donors (Lipinski definition) is 0.